The van der Waals surface area contributed by atoms with Gasteiger partial charge in [-0.1, -0.05) is 74.5 Å². The summed E-state index contributed by atoms with van der Waals surface area (Å²) < 4.78 is 1.73. The molecular weight excluding hydrogens is 640 g/mol. The molecule has 0 radical (unpaired) electrons. The average Bonchev–Trinajstić information content (AvgIpc) is 3.69. The van der Waals surface area contributed by atoms with Crippen LogP contribution in [-0.4, -0.2) is 31.3 Å². The maximum atomic E-state index is 4.81. The van der Waals surface area contributed by atoms with Gasteiger partial charge >= 0.3 is 5.13 Å². The molecule has 3 N–H and O–H groups in total. The maximum Gasteiger partial charge on any atom is 0.312 e. The molecule has 0 saturated heterocycles. The van der Waals surface area contributed by atoms with Gasteiger partial charge in [0.2, 0.25) is 5.13 Å². The normalized spacial score (nSPS) is 12.2. The molecule has 37 heavy (non-hydrogen) atoms. The van der Waals surface area contributed by atoms with Crippen LogP contribution in [-0.2, 0) is 0 Å². The minimum atomic E-state index is 0. The Bertz CT molecular complexity index is 1400. The smallest absolute Gasteiger partial charge is 0.312 e. The van der Waals surface area contributed by atoms with Crippen LogP contribution >= 0.6 is 22.7 Å². The molecule has 10 nitrogen and oxygen atoms in total. The summed E-state index contributed by atoms with van der Waals surface area (Å²) in [5, 5.41) is 22.5. The zero-order valence-corrected chi connectivity index (χ0v) is 25.0. The standard InChI is InChI=1S/C18H17N5S.C5H5N5S.2BrH/c1-13-14(2)24-18(19-13)23-21-17(15-9-5-3-6-10-15)20-22(23)16-11-7-4-8-12-16;1-4-7-8-9-10(4)5-6-2-3-11-5;;/h3-12H,1-2H3,(H,20,21);2-3H,1H3;2*1H. The molecule has 2 aromatic carbocycles. The summed E-state index contributed by atoms with van der Waals surface area (Å²) in [6.07, 6.45) is 1.74. The molecule has 14 heteroatoms. The second-order valence-corrected chi connectivity index (χ2v) is 9.64. The van der Waals surface area contributed by atoms with Crippen molar-refractivity contribution >= 4 is 39.3 Å². The number of halogens is 2. The number of nitrogens with two attached hydrogens (primary N) is 1. The molecule has 0 aliphatic carbocycles. The van der Waals surface area contributed by atoms with Gasteiger partial charge in [-0.3, -0.25) is 0 Å². The van der Waals surface area contributed by atoms with E-state index in [1.54, 1.807) is 22.2 Å². The number of aryl methyl sites for hydroxylation is 3. The number of thiazole rings is 2. The average molecular weight is 664 g/mol. The Labute approximate surface area is 243 Å². The molecule has 0 fully saturated rings. The summed E-state index contributed by atoms with van der Waals surface area (Å²) in [5.41, 5.74) is 5.24. The molecule has 6 rings (SSSR count). The van der Waals surface area contributed by atoms with Gasteiger partial charge in [-0.05, 0) is 38.1 Å². The van der Waals surface area contributed by atoms with Crippen molar-refractivity contribution in [3.05, 3.63) is 94.2 Å². The van der Waals surface area contributed by atoms with Gasteiger partial charge in [0.05, 0.1) is 17.5 Å². The zero-order valence-electron chi connectivity index (χ0n) is 20.2. The van der Waals surface area contributed by atoms with Crippen molar-refractivity contribution in [1.29, 1.82) is 0 Å². The number of nitrogens with zero attached hydrogens (tertiary/aromatic N) is 8. The number of para-hydroxylation sites is 1. The van der Waals surface area contributed by atoms with Gasteiger partial charge in [0.1, 0.15) is 10.9 Å². The van der Waals surface area contributed by atoms with Crippen molar-refractivity contribution in [2.45, 2.75) is 20.8 Å². The maximum absolute atomic E-state index is 4.81. The van der Waals surface area contributed by atoms with E-state index in [1.165, 1.54) is 16.2 Å². The van der Waals surface area contributed by atoms with E-state index >= 15 is 0 Å². The van der Waals surface area contributed by atoms with Gasteiger partial charge < -0.3 is 34.0 Å². The van der Waals surface area contributed by atoms with Crippen LogP contribution in [0.3, 0.4) is 0 Å². The first-order valence-corrected chi connectivity index (χ1v) is 12.6. The lowest BCUT2D eigenvalue weighted by molar-refractivity contribution is -0.666. The van der Waals surface area contributed by atoms with Gasteiger partial charge in [-0.2, -0.15) is 5.43 Å². The first-order valence-electron chi connectivity index (χ1n) is 10.9. The molecule has 0 unspecified atom stereocenters. The third-order valence-electron chi connectivity index (χ3n) is 5.20. The summed E-state index contributed by atoms with van der Waals surface area (Å²) in [5.74, 6) is 1.73. The summed E-state index contributed by atoms with van der Waals surface area (Å²) in [6, 6.07) is 20.4. The number of quaternary nitrogens is 1. The predicted molar refractivity (Wildman–Crippen MR) is 136 cm³/mol. The van der Waals surface area contributed by atoms with Crippen LogP contribution in [0, 0.1) is 20.8 Å². The van der Waals surface area contributed by atoms with Crippen LogP contribution in [0.4, 0.5) is 10.8 Å². The van der Waals surface area contributed by atoms with E-state index in [0.29, 0.717) is 0 Å². The number of tetrazole rings is 1. The van der Waals surface area contributed by atoms with E-state index in [2.05, 4.69) is 62.1 Å². The third-order valence-corrected chi connectivity index (χ3v) is 7.00. The minimum absolute atomic E-state index is 0. The van der Waals surface area contributed by atoms with E-state index in [4.69, 9.17) is 5.10 Å². The van der Waals surface area contributed by atoms with Gasteiger partial charge in [-0.15, -0.1) is 14.8 Å². The van der Waals surface area contributed by atoms with E-state index < -0.39 is 0 Å². The van der Waals surface area contributed by atoms with Crippen LogP contribution in [0.2, 0.25) is 0 Å². The summed E-state index contributed by atoms with van der Waals surface area (Å²) >= 11 is 3.19. The number of hydrazone groups is 1. The molecular formula is C23H24Br2N10S2. The van der Waals surface area contributed by atoms with Crippen molar-refractivity contribution in [2.24, 2.45) is 5.10 Å². The lowest BCUT2D eigenvalue weighted by Gasteiger charge is -2.21. The van der Waals surface area contributed by atoms with E-state index in [9.17, 15) is 0 Å². The number of hydrogen-bond donors (Lipinski definition) is 2. The fourth-order valence-corrected chi connectivity index (χ4v) is 4.80. The molecule has 1 aliphatic heterocycles. The highest BCUT2D eigenvalue weighted by Crippen LogP contribution is 2.29. The zero-order chi connectivity index (χ0) is 24.2. The number of aromatic amines is 1. The number of amidine groups is 1. The highest BCUT2D eigenvalue weighted by molar-refractivity contribution is 7.15. The Morgan fingerprint density at radius 1 is 0.946 bits per heavy atom. The second kappa shape index (κ2) is 13.0. The van der Waals surface area contributed by atoms with E-state index in [0.717, 1.165) is 38.9 Å². The SMILES string of the molecule is Cc1nc(N2N=C(c3ccccc3)[NH2+]N2c2ccccc2)sc1C.Cc1nn[nH][n+]1-c1nccs1.[Br-].[Br-]. The van der Waals surface area contributed by atoms with Crippen molar-refractivity contribution < 1.29 is 44.1 Å². The van der Waals surface area contributed by atoms with Gasteiger partial charge in [0.25, 0.3) is 11.7 Å². The number of hydrazine groups is 1. The highest BCUT2D eigenvalue weighted by atomic mass is 79.9. The molecule has 192 valence electrons. The predicted octanol–water partition coefficient (Wildman–Crippen LogP) is -3.30. The third kappa shape index (κ3) is 6.45. The van der Waals surface area contributed by atoms with Gasteiger partial charge in [0, 0.05) is 22.3 Å². The van der Waals surface area contributed by atoms with Crippen molar-refractivity contribution in [1.82, 2.24) is 25.5 Å². The number of nitrogens with one attached hydrogen (secondary N) is 1. The minimum Gasteiger partial charge on any atom is -1.00 e. The van der Waals surface area contributed by atoms with Crippen molar-refractivity contribution in [2.75, 3.05) is 10.2 Å². The first kappa shape index (κ1) is 28.5. The molecule has 0 amide bonds. The Morgan fingerprint density at radius 3 is 2.22 bits per heavy atom. The van der Waals surface area contributed by atoms with Crippen molar-refractivity contribution in [3.8, 4) is 5.13 Å². The van der Waals surface area contributed by atoms with Crippen LogP contribution in [0.5, 0.6) is 0 Å². The van der Waals surface area contributed by atoms with Crippen LogP contribution in [0.25, 0.3) is 5.13 Å². The van der Waals surface area contributed by atoms with Crippen LogP contribution in [0.15, 0.2) is 77.3 Å². The largest absolute Gasteiger partial charge is 1.00 e. The molecule has 0 spiro atoms. The number of H-pyrrole nitrogens is 1. The topological polar surface area (TPSA) is 107 Å². The molecule has 0 atom stereocenters. The summed E-state index contributed by atoms with van der Waals surface area (Å²) in [4.78, 5) is 9.97. The van der Waals surface area contributed by atoms with Gasteiger partial charge in [0.15, 0.2) is 0 Å². The Morgan fingerprint density at radius 2 is 1.65 bits per heavy atom. The second-order valence-electron chi connectivity index (χ2n) is 7.59. The number of anilines is 2. The molecule has 0 bridgehead atoms. The molecule has 5 aromatic rings. The number of hydrogen-bond acceptors (Lipinski definition) is 9. The lowest BCUT2D eigenvalue weighted by atomic mass is 10.2. The van der Waals surface area contributed by atoms with E-state index in [-0.39, 0.29) is 34.0 Å². The molecule has 4 heterocycles. The fourth-order valence-electron chi connectivity index (χ4n) is 3.29. The lowest BCUT2D eigenvalue weighted by Crippen LogP contribution is -3.00. The Hall–Kier alpha value is -3.04. The summed E-state index contributed by atoms with van der Waals surface area (Å²) in [6.45, 7) is 5.99. The van der Waals surface area contributed by atoms with Crippen molar-refractivity contribution in [3.63, 3.8) is 0 Å². The van der Waals surface area contributed by atoms with Crippen LogP contribution in [0.1, 0.15) is 22.0 Å². The van der Waals surface area contributed by atoms with E-state index in [1.807, 2.05) is 65.9 Å². The number of benzene rings is 2. The summed E-state index contributed by atoms with van der Waals surface area (Å²) in [7, 11) is 0. The Balaban J connectivity index is 0.000000247. The molecule has 0 saturated carbocycles. The molecule has 3 aromatic heterocycles. The fraction of sp³-hybridized carbons (Fsp3) is 0.130. The first-order chi connectivity index (χ1) is 17.1. The Kier molecular flexibility index (Phi) is 10.00. The number of aromatic nitrogens is 6. The van der Waals surface area contributed by atoms with Gasteiger partial charge in [-0.25, -0.2) is 4.98 Å². The quantitative estimate of drug-likeness (QED) is 0.154. The monoisotopic (exact) mass is 662 g/mol. The van der Waals surface area contributed by atoms with Crippen LogP contribution < -0.4 is 54.3 Å². The highest BCUT2D eigenvalue weighted by Gasteiger charge is 2.33. The number of rotatable bonds is 4. The molecule has 1 aliphatic rings.